The Hall–Kier alpha value is -3.64. The van der Waals surface area contributed by atoms with Gasteiger partial charge in [-0.1, -0.05) is 48.0 Å². The zero-order valence-electron chi connectivity index (χ0n) is 22.3. The number of ether oxygens (including phenoxy) is 1. The van der Waals surface area contributed by atoms with Gasteiger partial charge in [0, 0.05) is 23.3 Å². The van der Waals surface area contributed by atoms with Gasteiger partial charge in [0.2, 0.25) is 0 Å². The molecule has 3 aromatic rings. The maximum atomic E-state index is 14.5. The van der Waals surface area contributed by atoms with Gasteiger partial charge in [-0.05, 0) is 93.0 Å². The maximum Gasteiger partial charge on any atom is 0.338 e. The van der Waals surface area contributed by atoms with Crippen LogP contribution in [0.1, 0.15) is 48.2 Å². The number of esters is 1. The monoisotopic (exact) mass is 541 g/mol. The summed E-state index contributed by atoms with van der Waals surface area (Å²) in [6.45, 7) is 4.95. The topological polar surface area (TPSA) is 62.2 Å². The van der Waals surface area contributed by atoms with E-state index in [4.69, 9.17) is 21.4 Å². The first-order valence-corrected chi connectivity index (χ1v) is 14.0. The lowest BCUT2D eigenvalue weighted by Gasteiger charge is -2.52. The maximum absolute atomic E-state index is 14.5. The smallest absolute Gasteiger partial charge is 0.338 e. The van der Waals surface area contributed by atoms with Crippen molar-refractivity contribution in [2.75, 3.05) is 23.1 Å². The van der Waals surface area contributed by atoms with Crippen LogP contribution in [0, 0.1) is 11.3 Å². The Kier molecular flexibility index (Phi) is 6.67. The molecule has 3 aromatic carbocycles. The van der Waals surface area contributed by atoms with Crippen LogP contribution in [0.4, 0.5) is 11.4 Å². The average molecular weight is 542 g/mol. The van der Waals surface area contributed by atoms with E-state index in [-0.39, 0.29) is 17.9 Å². The third-order valence-electron chi connectivity index (χ3n) is 8.57. The number of anilines is 2. The molecule has 6 rings (SSSR count). The van der Waals surface area contributed by atoms with Crippen molar-refractivity contribution in [2.45, 2.75) is 45.6 Å². The molecule has 1 fully saturated rings. The molecule has 0 saturated carbocycles. The molecule has 0 N–H and O–H groups in total. The normalized spacial score (nSPS) is 23.9. The largest absolute Gasteiger partial charge is 0.462 e. The molecule has 1 spiro atoms. The summed E-state index contributed by atoms with van der Waals surface area (Å²) in [6.07, 6.45) is 3.53. The van der Waals surface area contributed by atoms with E-state index < -0.39 is 5.41 Å². The predicted octanol–water partition coefficient (Wildman–Crippen LogP) is 6.31. The first kappa shape index (κ1) is 25.6. The number of hydrogen-bond donors (Lipinski definition) is 0. The Morgan fingerprint density at radius 2 is 1.87 bits per heavy atom. The lowest BCUT2D eigenvalue weighted by molar-refractivity contribution is -0.125. The van der Waals surface area contributed by atoms with Crippen LogP contribution < -0.4 is 9.91 Å². The molecule has 3 heterocycles. The highest BCUT2D eigenvalue weighted by atomic mass is 35.5. The van der Waals surface area contributed by atoms with E-state index >= 15 is 0 Å². The SMILES string of the molecule is CCOC(=O)c1ccc(N2N=C(C)C3(Cc4ccc(Cl)cc4N4CCC(Cc5ccccc5)CC43)C2=O)cc1. The average Bonchev–Trinajstić information content (AvgIpc) is 3.20. The second-order valence-electron chi connectivity index (χ2n) is 10.8. The summed E-state index contributed by atoms with van der Waals surface area (Å²) in [5, 5.41) is 7.09. The highest BCUT2D eigenvalue weighted by molar-refractivity contribution is 6.31. The van der Waals surface area contributed by atoms with E-state index in [9.17, 15) is 9.59 Å². The Morgan fingerprint density at radius 3 is 2.62 bits per heavy atom. The van der Waals surface area contributed by atoms with Gasteiger partial charge in [-0.25, -0.2) is 4.79 Å². The Morgan fingerprint density at radius 1 is 1.10 bits per heavy atom. The summed E-state index contributed by atoms with van der Waals surface area (Å²) in [6, 6.07) is 23.5. The molecule has 0 bridgehead atoms. The number of hydrazone groups is 1. The molecule has 1 saturated heterocycles. The van der Waals surface area contributed by atoms with Crippen molar-refractivity contribution in [2.24, 2.45) is 16.4 Å². The number of carbonyl (C=O) groups is 2. The van der Waals surface area contributed by atoms with Crippen LogP contribution in [0.5, 0.6) is 0 Å². The number of hydrogen-bond acceptors (Lipinski definition) is 5. The molecule has 3 unspecified atom stereocenters. The molecule has 6 nitrogen and oxygen atoms in total. The van der Waals surface area contributed by atoms with E-state index in [0.717, 1.165) is 42.8 Å². The van der Waals surface area contributed by atoms with Crippen LogP contribution in [0.15, 0.2) is 77.9 Å². The molecule has 7 heteroatoms. The van der Waals surface area contributed by atoms with Crippen LogP contribution >= 0.6 is 11.6 Å². The van der Waals surface area contributed by atoms with E-state index in [2.05, 4.69) is 35.2 Å². The lowest BCUT2D eigenvalue weighted by atomic mass is 9.64. The number of carbonyl (C=O) groups excluding carboxylic acids is 2. The molecule has 3 aliphatic rings. The van der Waals surface area contributed by atoms with Gasteiger partial charge in [0.05, 0.1) is 23.6 Å². The first-order chi connectivity index (χ1) is 18.9. The van der Waals surface area contributed by atoms with E-state index in [0.29, 0.717) is 35.2 Å². The summed E-state index contributed by atoms with van der Waals surface area (Å²) in [5.41, 5.74) is 4.75. The van der Waals surface area contributed by atoms with E-state index in [1.165, 1.54) is 10.6 Å². The van der Waals surface area contributed by atoms with Gasteiger partial charge in [-0.2, -0.15) is 10.1 Å². The summed E-state index contributed by atoms with van der Waals surface area (Å²) in [4.78, 5) is 29.0. The van der Waals surface area contributed by atoms with Crippen molar-refractivity contribution >= 4 is 40.6 Å². The Bertz CT molecular complexity index is 1440. The quantitative estimate of drug-likeness (QED) is 0.355. The van der Waals surface area contributed by atoms with E-state index in [1.807, 2.05) is 25.1 Å². The van der Waals surface area contributed by atoms with Gasteiger partial charge >= 0.3 is 5.97 Å². The summed E-state index contributed by atoms with van der Waals surface area (Å²) in [7, 11) is 0. The van der Waals surface area contributed by atoms with Gasteiger partial charge in [-0.15, -0.1) is 0 Å². The Balaban J connectivity index is 1.36. The third-order valence-corrected chi connectivity index (χ3v) is 8.80. The minimum absolute atomic E-state index is 0.0140. The molecule has 0 radical (unpaired) electrons. The van der Waals surface area contributed by atoms with Crippen LogP contribution in [0.3, 0.4) is 0 Å². The van der Waals surface area contributed by atoms with Crippen LogP contribution in [-0.4, -0.2) is 36.8 Å². The number of piperidine rings is 1. The zero-order valence-corrected chi connectivity index (χ0v) is 23.0. The predicted molar refractivity (Wildman–Crippen MR) is 155 cm³/mol. The molecule has 0 aliphatic carbocycles. The number of fused-ring (bicyclic) bond motifs is 4. The number of benzene rings is 3. The number of rotatable bonds is 5. The fourth-order valence-corrected chi connectivity index (χ4v) is 6.81. The van der Waals surface area contributed by atoms with Crippen molar-refractivity contribution in [3.63, 3.8) is 0 Å². The van der Waals surface area contributed by atoms with Crippen molar-refractivity contribution in [1.29, 1.82) is 0 Å². The molecule has 1 amide bonds. The molecule has 200 valence electrons. The van der Waals surface area contributed by atoms with Gasteiger partial charge < -0.3 is 9.64 Å². The number of halogens is 1. The fourth-order valence-electron chi connectivity index (χ4n) is 6.64. The van der Waals surface area contributed by atoms with E-state index in [1.54, 1.807) is 31.2 Å². The van der Waals surface area contributed by atoms with Gasteiger partial charge in [0.1, 0.15) is 5.41 Å². The highest BCUT2D eigenvalue weighted by Gasteiger charge is 2.59. The Labute approximate surface area is 234 Å². The minimum Gasteiger partial charge on any atom is -0.462 e. The van der Waals surface area contributed by atoms with Crippen molar-refractivity contribution < 1.29 is 14.3 Å². The first-order valence-electron chi connectivity index (χ1n) is 13.7. The van der Waals surface area contributed by atoms with Gasteiger partial charge in [0.15, 0.2) is 0 Å². The minimum atomic E-state index is -0.768. The number of nitrogens with zero attached hydrogens (tertiary/aromatic N) is 3. The summed E-state index contributed by atoms with van der Waals surface area (Å²) in [5.74, 6) is 0.0717. The van der Waals surface area contributed by atoms with Crippen molar-refractivity contribution in [3.8, 4) is 0 Å². The molecule has 3 atom stereocenters. The molecular formula is C32H32ClN3O3. The molecular weight excluding hydrogens is 510 g/mol. The number of amides is 1. The second kappa shape index (κ2) is 10.2. The van der Waals surface area contributed by atoms with Gasteiger partial charge in [0.25, 0.3) is 5.91 Å². The van der Waals surface area contributed by atoms with Crippen molar-refractivity contribution in [1.82, 2.24) is 0 Å². The summed E-state index contributed by atoms with van der Waals surface area (Å²) >= 11 is 6.45. The van der Waals surface area contributed by atoms with Crippen molar-refractivity contribution in [3.05, 3.63) is 94.5 Å². The highest BCUT2D eigenvalue weighted by Crippen LogP contribution is 2.51. The summed E-state index contributed by atoms with van der Waals surface area (Å²) < 4.78 is 5.11. The lowest BCUT2D eigenvalue weighted by Crippen LogP contribution is -2.62. The van der Waals surface area contributed by atoms with Crippen LogP contribution in [-0.2, 0) is 22.4 Å². The molecule has 39 heavy (non-hydrogen) atoms. The van der Waals surface area contributed by atoms with Crippen LogP contribution in [0.25, 0.3) is 0 Å². The molecule has 0 aromatic heterocycles. The zero-order chi connectivity index (χ0) is 27.1. The standard InChI is InChI=1S/C32H32ClN3O3/c1-3-39-30(37)24-10-13-27(14-11-24)36-31(38)32(21(2)34-36)20-25-9-12-26(33)19-28(25)35-16-15-23(18-29(32)35)17-22-7-5-4-6-8-22/h4-14,19,23,29H,3,15-18,20H2,1-2H3. The molecule has 3 aliphatic heterocycles. The van der Waals surface area contributed by atoms with Crippen LogP contribution in [0.2, 0.25) is 5.02 Å². The fraction of sp³-hybridized carbons (Fsp3) is 0.344. The third kappa shape index (κ3) is 4.41. The van der Waals surface area contributed by atoms with Gasteiger partial charge in [-0.3, -0.25) is 4.79 Å². The second-order valence-corrected chi connectivity index (χ2v) is 11.2.